The zero-order chi connectivity index (χ0) is 16.2. The lowest BCUT2D eigenvalue weighted by molar-refractivity contribution is 0.102. The van der Waals surface area contributed by atoms with E-state index >= 15 is 0 Å². The van der Waals surface area contributed by atoms with Crippen molar-refractivity contribution in [3.8, 4) is 0 Å². The van der Waals surface area contributed by atoms with Crippen LogP contribution in [0.2, 0.25) is 5.02 Å². The molecular formula is C17H20ClN3OS. The fourth-order valence-electron chi connectivity index (χ4n) is 2.83. The van der Waals surface area contributed by atoms with Crippen LogP contribution >= 0.6 is 22.9 Å². The molecule has 2 N–H and O–H groups in total. The minimum atomic E-state index is -0.228. The first-order valence-electron chi connectivity index (χ1n) is 7.92. The number of aryl methyl sites for hydroxylation is 1. The Labute approximate surface area is 145 Å². The number of hydrogen-bond donors (Lipinski definition) is 2. The highest BCUT2D eigenvalue weighted by Gasteiger charge is 2.17. The van der Waals surface area contributed by atoms with Crippen LogP contribution < -0.4 is 10.6 Å². The van der Waals surface area contributed by atoms with Crippen LogP contribution in [0.5, 0.6) is 0 Å². The maximum atomic E-state index is 12.4. The number of halogens is 1. The largest absolute Gasteiger partial charge is 0.359 e. The number of carbonyl (C=O) groups excluding carboxylic acids is 1. The van der Waals surface area contributed by atoms with Gasteiger partial charge >= 0.3 is 0 Å². The van der Waals surface area contributed by atoms with E-state index in [-0.39, 0.29) is 5.91 Å². The molecule has 0 bridgehead atoms. The highest BCUT2D eigenvalue weighted by Crippen LogP contribution is 2.27. The average Bonchev–Trinajstić information content (AvgIpc) is 3.00. The quantitative estimate of drug-likeness (QED) is 0.807. The molecule has 6 heteroatoms. The van der Waals surface area contributed by atoms with Gasteiger partial charge in [-0.15, -0.1) is 11.3 Å². The van der Waals surface area contributed by atoms with Gasteiger partial charge in [-0.3, -0.25) is 4.79 Å². The monoisotopic (exact) mass is 349 g/mol. The summed E-state index contributed by atoms with van der Waals surface area (Å²) in [6.45, 7) is 1.92. The number of thiazole rings is 1. The molecule has 1 aliphatic carbocycles. The predicted molar refractivity (Wildman–Crippen MR) is 96.8 cm³/mol. The van der Waals surface area contributed by atoms with Gasteiger partial charge in [-0.2, -0.15) is 0 Å². The van der Waals surface area contributed by atoms with Crippen molar-refractivity contribution in [2.75, 3.05) is 10.6 Å². The van der Waals surface area contributed by atoms with Crippen molar-refractivity contribution in [3.05, 3.63) is 39.9 Å². The molecule has 0 aliphatic heterocycles. The van der Waals surface area contributed by atoms with Crippen molar-refractivity contribution >= 4 is 39.7 Å². The van der Waals surface area contributed by atoms with Crippen molar-refractivity contribution in [1.29, 1.82) is 0 Å². The summed E-state index contributed by atoms with van der Waals surface area (Å²) in [5.74, 6) is -0.228. The lowest BCUT2D eigenvalue weighted by Gasteiger charge is -2.22. The van der Waals surface area contributed by atoms with Crippen LogP contribution in [0, 0.1) is 6.92 Å². The highest BCUT2D eigenvalue weighted by atomic mass is 35.5. The van der Waals surface area contributed by atoms with Crippen LogP contribution in [0.15, 0.2) is 23.6 Å². The van der Waals surface area contributed by atoms with Gasteiger partial charge in [0.15, 0.2) is 5.13 Å². The highest BCUT2D eigenvalue weighted by molar-refractivity contribution is 7.13. The first-order valence-corrected chi connectivity index (χ1v) is 9.18. The Morgan fingerprint density at radius 2 is 2.09 bits per heavy atom. The second kappa shape index (κ2) is 7.32. The van der Waals surface area contributed by atoms with E-state index < -0.39 is 0 Å². The summed E-state index contributed by atoms with van der Waals surface area (Å²) in [6.07, 6.45) is 6.21. The van der Waals surface area contributed by atoms with Crippen molar-refractivity contribution in [2.45, 2.75) is 45.1 Å². The maximum absolute atomic E-state index is 12.4. The predicted octanol–water partition coefficient (Wildman–Crippen LogP) is 5.10. The molecule has 0 spiro atoms. The smallest absolute Gasteiger partial charge is 0.275 e. The molecule has 0 unspecified atom stereocenters. The van der Waals surface area contributed by atoms with Gasteiger partial charge in [0.1, 0.15) is 5.69 Å². The molecule has 122 valence electrons. The Bertz CT molecular complexity index is 675. The van der Waals surface area contributed by atoms with E-state index in [2.05, 4.69) is 15.6 Å². The zero-order valence-electron chi connectivity index (χ0n) is 13.1. The number of carbonyl (C=O) groups is 1. The number of anilines is 2. The van der Waals surface area contributed by atoms with Crippen molar-refractivity contribution in [2.24, 2.45) is 0 Å². The molecule has 1 fully saturated rings. The third-order valence-electron chi connectivity index (χ3n) is 4.13. The molecule has 3 rings (SSSR count). The molecule has 4 nitrogen and oxygen atoms in total. The van der Waals surface area contributed by atoms with Crippen LogP contribution in [0.3, 0.4) is 0 Å². The van der Waals surface area contributed by atoms with Gasteiger partial charge in [0.25, 0.3) is 5.91 Å². The summed E-state index contributed by atoms with van der Waals surface area (Å²) in [4.78, 5) is 16.8. The molecule has 23 heavy (non-hydrogen) atoms. The minimum absolute atomic E-state index is 0.228. The third kappa shape index (κ3) is 4.03. The third-order valence-corrected chi connectivity index (χ3v) is 5.22. The van der Waals surface area contributed by atoms with Crippen LogP contribution in [0.4, 0.5) is 10.8 Å². The minimum Gasteiger partial charge on any atom is -0.359 e. The van der Waals surface area contributed by atoms with Gasteiger partial charge < -0.3 is 10.6 Å². The molecule has 2 aromatic rings. The summed E-state index contributed by atoms with van der Waals surface area (Å²) < 4.78 is 0. The van der Waals surface area contributed by atoms with Crippen LogP contribution in [0.25, 0.3) is 0 Å². The first-order chi connectivity index (χ1) is 11.1. The molecule has 1 heterocycles. The molecule has 1 aliphatic rings. The molecule has 0 radical (unpaired) electrons. The number of rotatable bonds is 4. The van der Waals surface area contributed by atoms with E-state index in [0.29, 0.717) is 22.4 Å². The number of nitrogens with zero attached hydrogens (tertiary/aromatic N) is 1. The van der Waals surface area contributed by atoms with Crippen LogP contribution in [-0.2, 0) is 0 Å². The Morgan fingerprint density at radius 1 is 1.30 bits per heavy atom. The Hall–Kier alpha value is -1.59. The molecule has 1 aromatic heterocycles. The molecule has 1 aromatic carbocycles. The lowest BCUT2D eigenvalue weighted by Crippen LogP contribution is -2.22. The van der Waals surface area contributed by atoms with E-state index in [4.69, 9.17) is 11.6 Å². The van der Waals surface area contributed by atoms with Crippen LogP contribution in [-0.4, -0.2) is 16.9 Å². The van der Waals surface area contributed by atoms with Crippen molar-refractivity contribution < 1.29 is 4.79 Å². The number of benzene rings is 1. The molecule has 1 amide bonds. The van der Waals surface area contributed by atoms with Crippen molar-refractivity contribution in [1.82, 2.24) is 4.98 Å². The SMILES string of the molecule is Cc1cccc(Cl)c1NC(=O)c1csc(NC2CCCCC2)n1. The van der Waals surface area contributed by atoms with Crippen molar-refractivity contribution in [3.63, 3.8) is 0 Å². The molecular weight excluding hydrogens is 330 g/mol. The number of para-hydroxylation sites is 1. The summed E-state index contributed by atoms with van der Waals surface area (Å²) in [5, 5.41) is 9.44. The van der Waals surface area contributed by atoms with Crippen LogP contribution in [0.1, 0.15) is 48.2 Å². The van der Waals surface area contributed by atoms with E-state index in [9.17, 15) is 4.79 Å². The van der Waals surface area contributed by atoms with E-state index in [1.165, 1.54) is 43.4 Å². The fourth-order valence-corrected chi connectivity index (χ4v) is 3.87. The number of hydrogen-bond acceptors (Lipinski definition) is 4. The van der Waals surface area contributed by atoms with Gasteiger partial charge in [-0.05, 0) is 31.4 Å². The summed E-state index contributed by atoms with van der Waals surface area (Å²) >= 11 is 7.62. The Morgan fingerprint density at radius 3 is 2.83 bits per heavy atom. The maximum Gasteiger partial charge on any atom is 0.275 e. The summed E-state index contributed by atoms with van der Waals surface area (Å²) in [5.41, 5.74) is 2.00. The molecule has 0 atom stereocenters. The first kappa shape index (κ1) is 16.3. The Balaban J connectivity index is 1.66. The lowest BCUT2D eigenvalue weighted by atomic mass is 9.96. The topological polar surface area (TPSA) is 54.0 Å². The number of amides is 1. The standard InChI is InChI=1S/C17H20ClN3OS/c1-11-6-5-9-13(18)15(11)21-16(22)14-10-23-17(20-14)19-12-7-3-2-4-8-12/h5-6,9-10,12H,2-4,7-8H2,1H3,(H,19,20)(H,21,22). The van der Waals surface area contributed by atoms with Gasteiger partial charge in [0, 0.05) is 11.4 Å². The van der Waals surface area contributed by atoms with E-state index in [1.54, 1.807) is 11.4 Å². The molecule has 0 saturated heterocycles. The van der Waals surface area contributed by atoms with E-state index in [0.717, 1.165) is 10.7 Å². The second-order valence-corrected chi connectivity index (χ2v) is 7.17. The van der Waals surface area contributed by atoms with Gasteiger partial charge in [0.05, 0.1) is 10.7 Å². The summed E-state index contributed by atoms with van der Waals surface area (Å²) in [7, 11) is 0. The van der Waals surface area contributed by atoms with Gasteiger partial charge in [-0.1, -0.05) is 43.0 Å². The zero-order valence-corrected chi connectivity index (χ0v) is 14.6. The molecule has 1 saturated carbocycles. The fraction of sp³-hybridized carbons (Fsp3) is 0.412. The van der Waals surface area contributed by atoms with Gasteiger partial charge in [0.2, 0.25) is 0 Å². The van der Waals surface area contributed by atoms with Gasteiger partial charge in [-0.25, -0.2) is 4.98 Å². The number of aromatic nitrogens is 1. The number of nitrogens with one attached hydrogen (secondary N) is 2. The second-order valence-electron chi connectivity index (χ2n) is 5.90. The Kier molecular flexibility index (Phi) is 5.18. The average molecular weight is 350 g/mol. The normalized spacial score (nSPS) is 15.4. The summed E-state index contributed by atoms with van der Waals surface area (Å²) in [6, 6.07) is 6.03. The van der Waals surface area contributed by atoms with E-state index in [1.807, 2.05) is 19.1 Å².